The molecule has 0 aliphatic rings. The van der Waals surface area contributed by atoms with Gasteiger partial charge in [0.25, 0.3) is 0 Å². The van der Waals surface area contributed by atoms with E-state index in [2.05, 4.69) is 57.9 Å². The molecule has 0 rings (SSSR count). The Morgan fingerprint density at radius 1 is 0.232 bits per heavy atom. The summed E-state index contributed by atoms with van der Waals surface area (Å²) in [5, 5.41) is 26.0. The summed E-state index contributed by atoms with van der Waals surface area (Å²) in [5.41, 5.74) is 0. The van der Waals surface area contributed by atoms with Crippen molar-refractivity contribution in [2.45, 2.75) is 349 Å². The Kier molecular flexibility index (Phi) is 67.7. The van der Waals surface area contributed by atoms with Crippen molar-refractivity contribution in [3.8, 4) is 0 Å². The molecule has 0 unspecified atom stereocenters. The Bertz CT molecular complexity index is 1100. The minimum Gasteiger partial charge on any atom is -0.395 e. The van der Waals surface area contributed by atoms with E-state index in [1.165, 1.54) is 308 Å². The highest BCUT2D eigenvalue weighted by atomic mass is 16.3. The normalized spacial score (nSPS) is 11.9. The van der Waals surface area contributed by atoms with E-state index in [9.17, 15) is 19.8 Å². The summed E-state index contributed by atoms with van der Waals surface area (Å²) in [6.45, 7) is 20.9. The SMILES string of the molecule is CCCCCCCCCCCCCCN(CCCCCCCCCCCCCC)CCN(CCO)CCC(=O)NCCNC(=O)CCN(CCO)CCN(CCCCCCCCCCCCCC)CCCCCCCCCCCCCC. The van der Waals surface area contributed by atoms with Crippen molar-refractivity contribution in [1.29, 1.82) is 0 Å². The first-order chi connectivity index (χ1) is 40.4. The van der Waals surface area contributed by atoms with E-state index in [0.29, 0.717) is 52.1 Å². The van der Waals surface area contributed by atoms with Crippen LogP contribution >= 0.6 is 0 Å². The zero-order valence-corrected chi connectivity index (χ0v) is 56.2. The molecule has 0 spiro atoms. The van der Waals surface area contributed by atoms with Crippen molar-refractivity contribution < 1.29 is 19.8 Å². The molecule has 0 aromatic carbocycles. The predicted molar refractivity (Wildman–Crippen MR) is 359 cm³/mol. The first kappa shape index (κ1) is 80.7. The molecule has 10 nitrogen and oxygen atoms in total. The zero-order chi connectivity index (χ0) is 59.5. The van der Waals surface area contributed by atoms with Gasteiger partial charge in [-0.3, -0.25) is 19.4 Å². The molecular weight excluding hydrogens is 1010 g/mol. The molecule has 0 saturated carbocycles. The zero-order valence-electron chi connectivity index (χ0n) is 56.2. The molecule has 0 aliphatic carbocycles. The standard InChI is InChI=1S/C72H148N6O4/c1-5-9-13-17-21-25-29-33-37-41-45-49-57-75(58-50-46-42-38-34-30-26-22-18-14-10-6-2)63-65-77(67-69-79)61-53-71(81)73-55-56-74-72(82)54-62-78(68-70-80)66-64-76(59-51-47-43-39-35-31-27-23-19-15-11-7-3)60-52-48-44-40-36-32-28-24-20-16-12-8-4/h79-80H,5-70H2,1-4H3,(H,73,81)(H,74,82). The molecule has 82 heavy (non-hydrogen) atoms. The fourth-order valence-electron chi connectivity index (χ4n) is 12.0. The Hall–Kier alpha value is -1.30. The van der Waals surface area contributed by atoms with Gasteiger partial charge in [0.2, 0.25) is 11.8 Å². The van der Waals surface area contributed by atoms with Gasteiger partial charge in [-0.1, -0.05) is 310 Å². The summed E-state index contributed by atoms with van der Waals surface area (Å²) >= 11 is 0. The molecule has 2 amide bonds. The molecule has 0 radical (unpaired) electrons. The molecule has 0 fully saturated rings. The summed E-state index contributed by atoms with van der Waals surface area (Å²) in [7, 11) is 0. The second-order valence-corrected chi connectivity index (χ2v) is 25.6. The Labute approximate surface area is 513 Å². The van der Waals surface area contributed by atoms with Crippen LogP contribution in [-0.4, -0.2) is 146 Å². The van der Waals surface area contributed by atoms with Gasteiger partial charge in [0, 0.05) is 78.3 Å². The van der Waals surface area contributed by atoms with Crippen molar-refractivity contribution in [2.75, 3.05) is 105 Å². The fourth-order valence-corrected chi connectivity index (χ4v) is 12.0. The third-order valence-electron chi connectivity index (χ3n) is 17.7. The van der Waals surface area contributed by atoms with Crippen LogP contribution in [0.15, 0.2) is 0 Å². The van der Waals surface area contributed by atoms with Crippen LogP contribution in [0.1, 0.15) is 349 Å². The van der Waals surface area contributed by atoms with Crippen LogP contribution in [0, 0.1) is 0 Å². The number of amides is 2. The lowest BCUT2D eigenvalue weighted by molar-refractivity contribution is -0.123. The van der Waals surface area contributed by atoms with Crippen LogP contribution in [-0.2, 0) is 9.59 Å². The maximum atomic E-state index is 13.0. The minimum absolute atomic E-state index is 0.00676. The first-order valence-corrected chi connectivity index (χ1v) is 37.1. The monoisotopic (exact) mass is 1160 g/mol. The molecule has 0 atom stereocenters. The average molecular weight is 1160 g/mol. The van der Waals surface area contributed by atoms with Gasteiger partial charge in [0.1, 0.15) is 0 Å². The highest BCUT2D eigenvalue weighted by Gasteiger charge is 2.14. The van der Waals surface area contributed by atoms with E-state index in [1.807, 2.05) is 0 Å². The van der Waals surface area contributed by atoms with E-state index in [1.54, 1.807) is 0 Å². The van der Waals surface area contributed by atoms with E-state index in [4.69, 9.17) is 0 Å². The number of nitrogens with one attached hydrogen (secondary N) is 2. The lowest BCUT2D eigenvalue weighted by atomic mass is 10.0. The summed E-state index contributed by atoms with van der Waals surface area (Å²) in [6, 6.07) is 0. The molecule has 0 aromatic rings. The van der Waals surface area contributed by atoms with Gasteiger partial charge in [-0.25, -0.2) is 0 Å². The number of carbonyl (C=O) groups excluding carboxylic acids is 2. The lowest BCUT2D eigenvalue weighted by Gasteiger charge is -2.27. The Balaban J connectivity index is 4.85. The van der Waals surface area contributed by atoms with Crippen LogP contribution in [0.25, 0.3) is 0 Å². The highest BCUT2D eigenvalue weighted by molar-refractivity contribution is 5.77. The summed E-state index contributed by atoms with van der Waals surface area (Å²) in [4.78, 5) is 35.9. The van der Waals surface area contributed by atoms with Crippen LogP contribution in [0.4, 0.5) is 0 Å². The van der Waals surface area contributed by atoms with E-state index < -0.39 is 0 Å². The highest BCUT2D eigenvalue weighted by Crippen LogP contribution is 2.17. The number of aliphatic hydroxyl groups excluding tert-OH is 2. The molecule has 0 aliphatic heterocycles. The van der Waals surface area contributed by atoms with Crippen LogP contribution in [0.3, 0.4) is 0 Å². The van der Waals surface area contributed by atoms with Crippen molar-refractivity contribution in [3.63, 3.8) is 0 Å². The first-order valence-electron chi connectivity index (χ1n) is 37.1. The molecule has 0 aromatic heterocycles. The topological polar surface area (TPSA) is 112 Å². The maximum absolute atomic E-state index is 13.0. The minimum atomic E-state index is -0.00676. The second-order valence-electron chi connectivity index (χ2n) is 25.6. The van der Waals surface area contributed by atoms with Crippen LogP contribution < -0.4 is 10.6 Å². The number of nitrogens with zero attached hydrogens (tertiary/aromatic N) is 4. The van der Waals surface area contributed by atoms with Gasteiger partial charge in [0.05, 0.1) is 13.2 Å². The summed E-state index contributed by atoms with van der Waals surface area (Å²) in [6.07, 6.45) is 66.5. The average Bonchev–Trinajstić information content (AvgIpc) is 3.48. The molecule has 0 bridgehead atoms. The third-order valence-corrected chi connectivity index (χ3v) is 17.7. The quantitative estimate of drug-likeness (QED) is 0.0446. The van der Waals surface area contributed by atoms with E-state index in [0.717, 1.165) is 52.4 Å². The Morgan fingerprint density at radius 3 is 0.585 bits per heavy atom. The largest absolute Gasteiger partial charge is 0.395 e. The summed E-state index contributed by atoms with van der Waals surface area (Å²) < 4.78 is 0. The molecule has 10 heteroatoms. The second kappa shape index (κ2) is 68.8. The van der Waals surface area contributed by atoms with Gasteiger partial charge in [-0.05, 0) is 51.9 Å². The predicted octanol–water partition coefficient (Wildman–Crippen LogP) is 18.0. The number of carbonyl (C=O) groups is 2. The van der Waals surface area contributed by atoms with Gasteiger partial charge in [-0.2, -0.15) is 0 Å². The van der Waals surface area contributed by atoms with Crippen molar-refractivity contribution in [1.82, 2.24) is 30.2 Å². The Morgan fingerprint density at radius 2 is 0.402 bits per heavy atom. The van der Waals surface area contributed by atoms with Crippen LogP contribution in [0.5, 0.6) is 0 Å². The molecule has 490 valence electrons. The van der Waals surface area contributed by atoms with Crippen molar-refractivity contribution in [2.24, 2.45) is 0 Å². The number of hydrogen-bond acceptors (Lipinski definition) is 8. The van der Waals surface area contributed by atoms with E-state index >= 15 is 0 Å². The van der Waals surface area contributed by atoms with Crippen molar-refractivity contribution in [3.05, 3.63) is 0 Å². The molecule has 0 heterocycles. The maximum Gasteiger partial charge on any atom is 0.221 e. The number of hydrogen-bond donors (Lipinski definition) is 4. The van der Waals surface area contributed by atoms with Gasteiger partial charge in [0.15, 0.2) is 0 Å². The van der Waals surface area contributed by atoms with Gasteiger partial charge in [-0.15, -0.1) is 0 Å². The van der Waals surface area contributed by atoms with Gasteiger partial charge < -0.3 is 30.6 Å². The molecular formula is C72H148N6O4. The smallest absolute Gasteiger partial charge is 0.221 e. The van der Waals surface area contributed by atoms with E-state index in [-0.39, 0.29) is 25.0 Å². The van der Waals surface area contributed by atoms with Gasteiger partial charge >= 0.3 is 0 Å². The molecule has 4 N–H and O–H groups in total. The van der Waals surface area contributed by atoms with Crippen LogP contribution in [0.2, 0.25) is 0 Å². The third kappa shape index (κ3) is 61.8. The summed E-state index contributed by atoms with van der Waals surface area (Å²) in [5.74, 6) is -0.0135. The fraction of sp³-hybridized carbons (Fsp3) is 0.972. The number of rotatable bonds is 71. The lowest BCUT2D eigenvalue weighted by Crippen LogP contribution is -2.41. The number of aliphatic hydroxyl groups is 2. The van der Waals surface area contributed by atoms with Crippen molar-refractivity contribution >= 4 is 11.8 Å². The number of unbranched alkanes of at least 4 members (excludes halogenated alkanes) is 44. The molecule has 0 saturated heterocycles.